The van der Waals surface area contributed by atoms with E-state index in [0.717, 1.165) is 4.90 Å². The molecular weight excluding hydrogens is 249 g/mol. The highest BCUT2D eigenvalue weighted by Gasteiger charge is 2.62. The summed E-state index contributed by atoms with van der Waals surface area (Å²) in [6.45, 7) is 6.01. The zero-order chi connectivity index (χ0) is 14.2. The van der Waals surface area contributed by atoms with Crippen molar-refractivity contribution < 1.29 is 22.7 Å². The fourth-order valence-electron chi connectivity index (χ4n) is 1.79. The zero-order valence-corrected chi connectivity index (χ0v) is 11.0. The molecule has 1 heterocycles. The normalized spacial score (nSPS) is 19.4. The number of amides is 1. The number of hydrogen-bond donors (Lipinski definition) is 1. The number of carbonyl (C=O) groups is 1. The second-order valence-corrected chi connectivity index (χ2v) is 5.45. The third-order valence-electron chi connectivity index (χ3n) is 2.63. The van der Waals surface area contributed by atoms with Gasteiger partial charge in [0.2, 0.25) is 0 Å². The molecule has 0 saturated carbocycles. The molecule has 0 aromatic carbocycles. The number of ether oxygens (including phenoxy) is 1. The topological polar surface area (TPSA) is 41.6 Å². The average molecular weight is 268 g/mol. The molecular formula is C11H19F3N2O2. The van der Waals surface area contributed by atoms with Crippen LogP contribution in [0.25, 0.3) is 0 Å². The van der Waals surface area contributed by atoms with Crippen molar-refractivity contribution in [3.63, 3.8) is 0 Å². The van der Waals surface area contributed by atoms with Crippen LogP contribution in [0.1, 0.15) is 27.7 Å². The van der Waals surface area contributed by atoms with E-state index in [2.05, 4.69) is 5.32 Å². The fraction of sp³-hybridized carbons (Fsp3) is 0.909. The number of halogens is 3. The highest BCUT2D eigenvalue weighted by Crippen LogP contribution is 2.38. The van der Waals surface area contributed by atoms with Crippen molar-refractivity contribution in [2.75, 3.05) is 19.6 Å². The number of hydrogen-bond acceptors (Lipinski definition) is 3. The van der Waals surface area contributed by atoms with E-state index >= 15 is 0 Å². The van der Waals surface area contributed by atoms with Crippen molar-refractivity contribution in [1.82, 2.24) is 10.2 Å². The van der Waals surface area contributed by atoms with Gasteiger partial charge in [0.25, 0.3) is 0 Å². The first-order valence-corrected chi connectivity index (χ1v) is 5.80. The van der Waals surface area contributed by atoms with Crippen LogP contribution in [-0.2, 0) is 4.74 Å². The van der Waals surface area contributed by atoms with Gasteiger partial charge in [0, 0.05) is 0 Å². The molecule has 0 aromatic heterocycles. The van der Waals surface area contributed by atoms with Crippen LogP contribution in [0.4, 0.5) is 18.0 Å². The highest BCUT2D eigenvalue weighted by molar-refractivity contribution is 5.70. The molecule has 1 saturated heterocycles. The van der Waals surface area contributed by atoms with Crippen LogP contribution in [0.5, 0.6) is 0 Å². The molecule has 0 radical (unpaired) electrons. The molecule has 0 aliphatic carbocycles. The monoisotopic (exact) mass is 268 g/mol. The zero-order valence-electron chi connectivity index (χ0n) is 11.0. The number of likely N-dealkylation sites (tertiary alicyclic amines) is 1. The van der Waals surface area contributed by atoms with Gasteiger partial charge in [-0.25, -0.2) is 4.79 Å². The SMILES string of the molecule is CCNC1(C(F)(F)F)CN(C(=O)OC(C)(C)C)C1. The van der Waals surface area contributed by atoms with Gasteiger partial charge in [0.05, 0.1) is 13.1 Å². The Bertz CT molecular complexity index is 317. The lowest BCUT2D eigenvalue weighted by molar-refractivity contribution is -0.230. The number of rotatable bonds is 2. The lowest BCUT2D eigenvalue weighted by Gasteiger charge is -2.50. The van der Waals surface area contributed by atoms with E-state index < -0.39 is 36.5 Å². The summed E-state index contributed by atoms with van der Waals surface area (Å²) in [5.41, 5.74) is -2.69. The van der Waals surface area contributed by atoms with Crippen LogP contribution in [0.15, 0.2) is 0 Å². The molecule has 7 heteroatoms. The maximum absolute atomic E-state index is 12.9. The van der Waals surface area contributed by atoms with Gasteiger partial charge in [-0.05, 0) is 27.3 Å². The standard InChI is InChI=1S/C11H19F3N2O2/c1-5-15-10(11(12,13)14)6-16(7-10)8(17)18-9(2,3)4/h15H,5-7H2,1-4H3. The lowest BCUT2D eigenvalue weighted by atomic mass is 9.89. The maximum Gasteiger partial charge on any atom is 0.410 e. The van der Waals surface area contributed by atoms with Crippen LogP contribution in [-0.4, -0.2) is 47.9 Å². The molecule has 1 rings (SSSR count). The molecule has 0 atom stereocenters. The molecule has 0 spiro atoms. The third-order valence-corrected chi connectivity index (χ3v) is 2.63. The fourth-order valence-corrected chi connectivity index (χ4v) is 1.79. The molecule has 1 aliphatic heterocycles. The number of nitrogens with one attached hydrogen (secondary N) is 1. The van der Waals surface area contributed by atoms with Gasteiger partial charge in [0.1, 0.15) is 5.60 Å². The number of alkyl halides is 3. The number of likely N-dealkylation sites (N-methyl/N-ethyl adjacent to an activating group) is 1. The molecule has 4 nitrogen and oxygen atoms in total. The molecule has 0 bridgehead atoms. The van der Waals surface area contributed by atoms with Crippen LogP contribution in [0, 0.1) is 0 Å². The van der Waals surface area contributed by atoms with E-state index in [4.69, 9.17) is 4.74 Å². The first-order chi connectivity index (χ1) is 8.01. The molecule has 0 unspecified atom stereocenters. The van der Waals surface area contributed by atoms with Crippen molar-refractivity contribution in [3.05, 3.63) is 0 Å². The molecule has 18 heavy (non-hydrogen) atoms. The van der Waals surface area contributed by atoms with Crippen molar-refractivity contribution >= 4 is 6.09 Å². The minimum absolute atomic E-state index is 0.196. The Labute approximate surface area is 104 Å². The molecule has 1 amide bonds. The van der Waals surface area contributed by atoms with Crippen molar-refractivity contribution in [1.29, 1.82) is 0 Å². The van der Waals surface area contributed by atoms with Gasteiger partial charge < -0.3 is 15.0 Å². The number of carbonyl (C=O) groups excluding carboxylic acids is 1. The summed E-state index contributed by atoms with van der Waals surface area (Å²) in [4.78, 5) is 12.6. The summed E-state index contributed by atoms with van der Waals surface area (Å²) < 4.78 is 43.6. The Morgan fingerprint density at radius 2 is 1.83 bits per heavy atom. The molecule has 1 N–H and O–H groups in total. The summed E-state index contributed by atoms with van der Waals surface area (Å²) in [5.74, 6) is 0. The Hall–Kier alpha value is -0.980. The molecule has 1 fully saturated rings. The van der Waals surface area contributed by atoms with Crippen LogP contribution in [0.2, 0.25) is 0 Å². The summed E-state index contributed by atoms with van der Waals surface area (Å²) in [7, 11) is 0. The van der Waals surface area contributed by atoms with E-state index in [1.165, 1.54) is 0 Å². The van der Waals surface area contributed by atoms with E-state index in [9.17, 15) is 18.0 Å². The van der Waals surface area contributed by atoms with Crippen LogP contribution < -0.4 is 5.32 Å². The molecule has 106 valence electrons. The third kappa shape index (κ3) is 3.07. The quantitative estimate of drug-likeness (QED) is 0.834. The van der Waals surface area contributed by atoms with Gasteiger partial charge in [0.15, 0.2) is 5.54 Å². The van der Waals surface area contributed by atoms with E-state index in [1.54, 1.807) is 27.7 Å². The largest absolute Gasteiger partial charge is 0.444 e. The Balaban J connectivity index is 2.62. The van der Waals surface area contributed by atoms with Crippen molar-refractivity contribution in [3.8, 4) is 0 Å². The molecule has 0 aromatic rings. The van der Waals surface area contributed by atoms with E-state index in [1.807, 2.05) is 0 Å². The highest BCUT2D eigenvalue weighted by atomic mass is 19.4. The van der Waals surface area contributed by atoms with Crippen molar-refractivity contribution in [2.24, 2.45) is 0 Å². The minimum atomic E-state index is -4.37. The predicted octanol–water partition coefficient (Wildman–Crippen LogP) is 2.15. The summed E-state index contributed by atoms with van der Waals surface area (Å²) in [5, 5.41) is 2.41. The summed E-state index contributed by atoms with van der Waals surface area (Å²) in [6, 6.07) is 0. The second kappa shape index (κ2) is 4.60. The van der Waals surface area contributed by atoms with Gasteiger partial charge in [-0.15, -0.1) is 0 Å². The smallest absolute Gasteiger partial charge is 0.410 e. The Kier molecular flexibility index (Phi) is 3.86. The number of nitrogens with zero attached hydrogens (tertiary/aromatic N) is 1. The Morgan fingerprint density at radius 3 is 2.17 bits per heavy atom. The van der Waals surface area contributed by atoms with E-state index in [-0.39, 0.29) is 6.54 Å². The van der Waals surface area contributed by atoms with Gasteiger partial charge in [-0.3, -0.25) is 0 Å². The van der Waals surface area contributed by atoms with Gasteiger partial charge in [-0.1, -0.05) is 6.92 Å². The Morgan fingerprint density at radius 1 is 1.33 bits per heavy atom. The minimum Gasteiger partial charge on any atom is -0.444 e. The maximum atomic E-state index is 12.9. The summed E-state index contributed by atoms with van der Waals surface area (Å²) in [6.07, 6.45) is -5.08. The average Bonchev–Trinajstić information content (AvgIpc) is 2.04. The first-order valence-electron chi connectivity index (χ1n) is 5.80. The lowest BCUT2D eigenvalue weighted by Crippen LogP contribution is -2.76. The van der Waals surface area contributed by atoms with Crippen LogP contribution in [0.3, 0.4) is 0 Å². The predicted molar refractivity (Wildman–Crippen MR) is 60.3 cm³/mol. The van der Waals surface area contributed by atoms with Crippen molar-refractivity contribution in [2.45, 2.75) is 45.0 Å². The van der Waals surface area contributed by atoms with Crippen LogP contribution >= 0.6 is 0 Å². The van der Waals surface area contributed by atoms with E-state index in [0.29, 0.717) is 0 Å². The summed E-state index contributed by atoms with van der Waals surface area (Å²) >= 11 is 0. The first kappa shape index (κ1) is 15.1. The van der Waals surface area contributed by atoms with Gasteiger partial charge in [-0.2, -0.15) is 13.2 Å². The molecule has 1 aliphatic rings. The second-order valence-electron chi connectivity index (χ2n) is 5.45. The van der Waals surface area contributed by atoms with Gasteiger partial charge >= 0.3 is 12.3 Å².